The van der Waals surface area contributed by atoms with Crippen molar-refractivity contribution < 1.29 is 4.74 Å². The maximum Gasteiger partial charge on any atom is 0.239 e. The van der Waals surface area contributed by atoms with Gasteiger partial charge in [-0.15, -0.1) is 0 Å². The molecular weight excluding hydrogens is 286 g/mol. The van der Waals surface area contributed by atoms with Crippen LogP contribution in [0, 0.1) is 12.8 Å². The highest BCUT2D eigenvalue weighted by Crippen LogP contribution is 2.31. The average molecular weight is 304 g/mol. The summed E-state index contributed by atoms with van der Waals surface area (Å²) >= 11 is 6.12. The number of rotatable bonds is 5. The highest BCUT2D eigenvalue weighted by molar-refractivity contribution is 6.31. The van der Waals surface area contributed by atoms with Gasteiger partial charge in [0.15, 0.2) is 0 Å². The van der Waals surface area contributed by atoms with Gasteiger partial charge in [0, 0.05) is 10.7 Å². The number of pyridine rings is 1. The van der Waals surface area contributed by atoms with E-state index in [0.29, 0.717) is 29.9 Å². The minimum Gasteiger partial charge on any atom is -0.476 e. The number of ether oxygens (including phenoxy) is 1. The number of aromatic nitrogens is 1. The minimum atomic E-state index is 0.491. The fourth-order valence-corrected chi connectivity index (χ4v) is 2.12. The summed E-state index contributed by atoms with van der Waals surface area (Å²) in [6.45, 7) is 2.66. The molecule has 0 atom stereocenters. The van der Waals surface area contributed by atoms with Crippen molar-refractivity contribution in [1.29, 1.82) is 0 Å². The molecule has 1 aliphatic carbocycles. The maximum absolute atomic E-state index is 6.12. The van der Waals surface area contributed by atoms with Crippen LogP contribution in [-0.4, -0.2) is 11.6 Å². The number of hydrogen-bond acceptors (Lipinski definition) is 4. The van der Waals surface area contributed by atoms with Crippen LogP contribution in [0.5, 0.6) is 5.88 Å². The number of nitrogen functional groups attached to an aromatic ring is 1. The van der Waals surface area contributed by atoms with Gasteiger partial charge >= 0.3 is 0 Å². The van der Waals surface area contributed by atoms with Crippen LogP contribution >= 0.6 is 11.6 Å². The Morgan fingerprint density at radius 3 is 2.86 bits per heavy atom. The number of hydrogen-bond donors (Lipinski definition) is 2. The summed E-state index contributed by atoms with van der Waals surface area (Å²) < 4.78 is 5.68. The highest BCUT2D eigenvalue weighted by Gasteiger charge is 2.22. The zero-order valence-electron chi connectivity index (χ0n) is 11.9. The lowest BCUT2D eigenvalue weighted by Gasteiger charge is -2.11. The van der Waals surface area contributed by atoms with Crippen molar-refractivity contribution in [1.82, 2.24) is 4.98 Å². The molecule has 4 nitrogen and oxygen atoms in total. The Bertz CT molecular complexity index is 656. The zero-order valence-corrected chi connectivity index (χ0v) is 12.7. The van der Waals surface area contributed by atoms with Crippen LogP contribution < -0.4 is 15.8 Å². The van der Waals surface area contributed by atoms with Gasteiger partial charge in [-0.25, -0.2) is 0 Å². The summed E-state index contributed by atoms with van der Waals surface area (Å²) in [4.78, 5) is 4.42. The first-order chi connectivity index (χ1) is 10.1. The third-order valence-corrected chi connectivity index (χ3v) is 3.89. The van der Waals surface area contributed by atoms with Gasteiger partial charge in [0.2, 0.25) is 5.88 Å². The SMILES string of the molecule is Cc1ccc(Nc2ccc(N)c(OCC3CC3)n2)cc1Cl. The van der Waals surface area contributed by atoms with Crippen LogP contribution in [0.2, 0.25) is 5.02 Å². The van der Waals surface area contributed by atoms with E-state index in [-0.39, 0.29) is 0 Å². The minimum absolute atomic E-state index is 0.491. The summed E-state index contributed by atoms with van der Waals surface area (Å²) in [6, 6.07) is 9.43. The lowest BCUT2D eigenvalue weighted by molar-refractivity contribution is 0.290. The quantitative estimate of drug-likeness (QED) is 0.871. The Balaban J connectivity index is 1.74. The van der Waals surface area contributed by atoms with Gasteiger partial charge in [0.25, 0.3) is 0 Å². The number of halogens is 1. The molecule has 0 saturated heterocycles. The van der Waals surface area contributed by atoms with E-state index in [4.69, 9.17) is 22.1 Å². The maximum atomic E-state index is 6.12. The molecule has 1 aromatic carbocycles. The van der Waals surface area contributed by atoms with E-state index in [9.17, 15) is 0 Å². The van der Waals surface area contributed by atoms with E-state index < -0.39 is 0 Å². The summed E-state index contributed by atoms with van der Waals surface area (Å²) in [5, 5.41) is 3.93. The molecule has 3 N–H and O–H groups in total. The van der Waals surface area contributed by atoms with Crippen LogP contribution in [0.15, 0.2) is 30.3 Å². The average Bonchev–Trinajstić information content (AvgIpc) is 3.28. The number of nitrogens with zero attached hydrogens (tertiary/aromatic N) is 1. The second-order valence-corrected chi connectivity index (χ2v) is 5.84. The molecule has 0 radical (unpaired) electrons. The number of anilines is 3. The van der Waals surface area contributed by atoms with Crippen LogP contribution in [0.3, 0.4) is 0 Å². The Labute approximate surface area is 129 Å². The number of benzene rings is 1. The number of nitrogens with two attached hydrogens (primary N) is 1. The van der Waals surface area contributed by atoms with E-state index in [1.54, 1.807) is 6.07 Å². The molecule has 2 aromatic rings. The molecule has 110 valence electrons. The monoisotopic (exact) mass is 303 g/mol. The van der Waals surface area contributed by atoms with E-state index in [2.05, 4.69) is 10.3 Å². The van der Waals surface area contributed by atoms with Crippen molar-refractivity contribution in [3.8, 4) is 5.88 Å². The predicted molar refractivity (Wildman–Crippen MR) is 86.3 cm³/mol. The van der Waals surface area contributed by atoms with Gasteiger partial charge in [-0.05, 0) is 55.5 Å². The van der Waals surface area contributed by atoms with Gasteiger partial charge < -0.3 is 15.8 Å². The molecule has 1 heterocycles. The summed E-state index contributed by atoms with van der Waals surface area (Å²) in [5.41, 5.74) is 8.38. The molecule has 0 spiro atoms. The first-order valence-electron chi connectivity index (χ1n) is 7.04. The van der Waals surface area contributed by atoms with E-state index in [1.807, 2.05) is 31.2 Å². The molecule has 0 aliphatic heterocycles. The van der Waals surface area contributed by atoms with Crippen molar-refractivity contribution in [2.75, 3.05) is 17.7 Å². The lowest BCUT2D eigenvalue weighted by atomic mass is 10.2. The molecule has 5 heteroatoms. The number of aryl methyl sites for hydroxylation is 1. The highest BCUT2D eigenvalue weighted by atomic mass is 35.5. The van der Waals surface area contributed by atoms with E-state index in [1.165, 1.54) is 12.8 Å². The second-order valence-electron chi connectivity index (χ2n) is 5.43. The largest absolute Gasteiger partial charge is 0.476 e. The van der Waals surface area contributed by atoms with E-state index >= 15 is 0 Å². The van der Waals surface area contributed by atoms with E-state index in [0.717, 1.165) is 16.3 Å². The lowest BCUT2D eigenvalue weighted by Crippen LogP contribution is -2.05. The molecule has 1 aromatic heterocycles. The number of nitrogens with one attached hydrogen (secondary N) is 1. The van der Waals surface area contributed by atoms with Gasteiger partial charge in [-0.1, -0.05) is 17.7 Å². The topological polar surface area (TPSA) is 60.2 Å². The van der Waals surface area contributed by atoms with Gasteiger partial charge in [-0.2, -0.15) is 4.98 Å². The zero-order chi connectivity index (χ0) is 14.8. The third kappa shape index (κ3) is 3.58. The van der Waals surface area contributed by atoms with Gasteiger partial charge in [-0.3, -0.25) is 0 Å². The molecule has 21 heavy (non-hydrogen) atoms. The first kappa shape index (κ1) is 14.0. The molecule has 1 fully saturated rings. The second kappa shape index (κ2) is 5.82. The van der Waals surface area contributed by atoms with Crippen molar-refractivity contribution in [2.24, 2.45) is 5.92 Å². The normalized spacial score (nSPS) is 14.0. The molecule has 1 saturated carbocycles. The van der Waals surface area contributed by atoms with Crippen LogP contribution in [-0.2, 0) is 0 Å². The van der Waals surface area contributed by atoms with Gasteiger partial charge in [0.1, 0.15) is 5.82 Å². The fraction of sp³-hybridized carbons (Fsp3) is 0.312. The summed E-state index contributed by atoms with van der Waals surface area (Å²) in [7, 11) is 0. The fourth-order valence-electron chi connectivity index (χ4n) is 1.94. The van der Waals surface area contributed by atoms with Gasteiger partial charge in [0.05, 0.1) is 12.3 Å². The Hall–Kier alpha value is -1.94. The molecular formula is C16H18ClN3O. The Morgan fingerprint density at radius 1 is 1.33 bits per heavy atom. The molecule has 0 amide bonds. The first-order valence-corrected chi connectivity index (χ1v) is 7.42. The smallest absolute Gasteiger partial charge is 0.239 e. The van der Waals surface area contributed by atoms with Crippen molar-refractivity contribution in [3.63, 3.8) is 0 Å². The Kier molecular flexibility index (Phi) is 3.88. The van der Waals surface area contributed by atoms with Crippen molar-refractivity contribution in [2.45, 2.75) is 19.8 Å². The molecule has 0 bridgehead atoms. The molecule has 3 rings (SSSR count). The van der Waals surface area contributed by atoms with Crippen LogP contribution in [0.4, 0.5) is 17.2 Å². The van der Waals surface area contributed by atoms with Crippen molar-refractivity contribution in [3.05, 3.63) is 40.9 Å². The predicted octanol–water partition coefficient (Wildman–Crippen LogP) is 4.16. The third-order valence-electron chi connectivity index (χ3n) is 3.49. The standard InChI is InChI=1S/C16H18ClN3O/c1-10-2-5-12(8-13(10)17)19-15-7-6-14(18)16(20-15)21-9-11-3-4-11/h2,5-8,11H,3-4,9,18H2,1H3,(H,19,20). The summed E-state index contributed by atoms with van der Waals surface area (Å²) in [5.74, 6) is 1.85. The summed E-state index contributed by atoms with van der Waals surface area (Å²) in [6.07, 6.45) is 2.47. The van der Waals surface area contributed by atoms with Crippen LogP contribution in [0.25, 0.3) is 0 Å². The molecule has 1 aliphatic rings. The Morgan fingerprint density at radius 2 is 2.14 bits per heavy atom. The molecule has 0 unspecified atom stereocenters. The van der Waals surface area contributed by atoms with Crippen LogP contribution in [0.1, 0.15) is 18.4 Å². The van der Waals surface area contributed by atoms with Crippen molar-refractivity contribution >= 4 is 28.8 Å².